The summed E-state index contributed by atoms with van der Waals surface area (Å²) in [6.07, 6.45) is 94.3. The van der Waals surface area contributed by atoms with Gasteiger partial charge in [0, 0.05) is 12.8 Å². The molecule has 548 valence electrons. The molecule has 0 aromatic rings. The lowest BCUT2D eigenvalue weighted by atomic mass is 10.0. The van der Waals surface area contributed by atoms with E-state index >= 15 is 0 Å². The number of carboxylic acids is 1. The van der Waals surface area contributed by atoms with Crippen molar-refractivity contribution >= 4 is 17.9 Å². The number of carboxylic acid groups (broad SMARTS) is 1. The van der Waals surface area contributed by atoms with Crippen molar-refractivity contribution in [3.8, 4) is 0 Å². The number of aliphatic carboxylic acids is 1. The molecular formula is C84H159NO8. The molecule has 0 saturated carbocycles. The second-order valence-electron chi connectivity index (χ2n) is 29.4. The summed E-state index contributed by atoms with van der Waals surface area (Å²) >= 11 is 0. The van der Waals surface area contributed by atoms with Gasteiger partial charge < -0.3 is 33.3 Å². The molecule has 0 saturated heterocycles. The van der Waals surface area contributed by atoms with Crippen molar-refractivity contribution in [1.82, 2.24) is 0 Å². The highest BCUT2D eigenvalue weighted by Gasteiger charge is 2.22. The Kier molecular flexibility index (Phi) is 73.3. The minimum atomic E-state index is -1.62. The lowest BCUT2D eigenvalue weighted by Crippen LogP contribution is -2.44. The van der Waals surface area contributed by atoms with E-state index in [9.17, 15) is 19.5 Å². The average Bonchev–Trinajstić information content (AvgIpc) is 3.74. The number of nitrogens with zero attached hydrogens (tertiary/aromatic N) is 1. The number of esters is 2. The second kappa shape index (κ2) is 75.3. The number of allylic oxidation sites excluding steroid dienone is 6. The van der Waals surface area contributed by atoms with Gasteiger partial charge in [-0.05, 0) is 70.6 Å². The van der Waals surface area contributed by atoms with Crippen LogP contribution in [0.1, 0.15) is 425 Å². The lowest BCUT2D eigenvalue weighted by Gasteiger charge is -2.26. The SMILES string of the molecule is CCCCCCC/C=C\C/C=C\CCCCCCCCCCCCCCCCCCCCCCCC(=O)OC(COC(=O)CCCCCCCCCCCCCCCCCCCCCCCCC/C=C\CCCCCCCCCC)COC(OCC[N+](C)(C)C)C(=O)[O-]. The summed E-state index contributed by atoms with van der Waals surface area (Å²) in [6, 6.07) is 0. The molecule has 0 radical (unpaired) electrons. The maximum absolute atomic E-state index is 13.0. The van der Waals surface area contributed by atoms with Gasteiger partial charge in [0.2, 0.25) is 0 Å². The average molecular weight is 1310 g/mol. The highest BCUT2D eigenvalue weighted by Crippen LogP contribution is 2.20. The molecule has 0 aliphatic carbocycles. The molecule has 0 rings (SSSR count). The Morgan fingerprint density at radius 1 is 0.323 bits per heavy atom. The Hall–Kier alpha value is -2.49. The van der Waals surface area contributed by atoms with Crippen LogP contribution in [0.4, 0.5) is 0 Å². The van der Waals surface area contributed by atoms with E-state index in [2.05, 4.69) is 50.3 Å². The van der Waals surface area contributed by atoms with Crippen LogP contribution in [0.25, 0.3) is 0 Å². The largest absolute Gasteiger partial charge is 0.545 e. The molecular weight excluding hydrogens is 1150 g/mol. The van der Waals surface area contributed by atoms with Crippen molar-refractivity contribution in [3.05, 3.63) is 36.5 Å². The number of quaternary nitrogens is 1. The van der Waals surface area contributed by atoms with Gasteiger partial charge in [0.15, 0.2) is 12.4 Å². The van der Waals surface area contributed by atoms with Crippen LogP contribution in [-0.4, -0.2) is 82.3 Å². The fraction of sp³-hybridized carbons (Fsp3) is 0.893. The molecule has 0 fully saturated rings. The van der Waals surface area contributed by atoms with Gasteiger partial charge in [-0.3, -0.25) is 9.59 Å². The number of carbonyl (C=O) groups is 3. The Labute approximate surface area is 579 Å². The first-order valence-corrected chi connectivity index (χ1v) is 41.1. The topological polar surface area (TPSA) is 111 Å². The van der Waals surface area contributed by atoms with Crippen molar-refractivity contribution in [2.45, 2.75) is 437 Å². The quantitative estimate of drug-likeness (QED) is 0.0195. The van der Waals surface area contributed by atoms with Gasteiger partial charge in [0.05, 0.1) is 40.3 Å². The molecule has 93 heavy (non-hydrogen) atoms. The van der Waals surface area contributed by atoms with Gasteiger partial charge in [-0.2, -0.15) is 0 Å². The smallest absolute Gasteiger partial charge is 0.306 e. The van der Waals surface area contributed by atoms with E-state index in [1.54, 1.807) is 0 Å². The predicted molar refractivity (Wildman–Crippen MR) is 399 cm³/mol. The Balaban J connectivity index is 3.95. The summed E-state index contributed by atoms with van der Waals surface area (Å²) in [4.78, 5) is 37.6. The number of rotatable bonds is 78. The number of ether oxygens (including phenoxy) is 4. The number of hydrogen-bond donors (Lipinski definition) is 0. The van der Waals surface area contributed by atoms with E-state index in [4.69, 9.17) is 18.9 Å². The van der Waals surface area contributed by atoms with Crippen molar-refractivity contribution < 1.29 is 42.9 Å². The lowest BCUT2D eigenvalue weighted by molar-refractivity contribution is -0.870. The fourth-order valence-electron chi connectivity index (χ4n) is 12.6. The molecule has 0 aliphatic rings. The van der Waals surface area contributed by atoms with Gasteiger partial charge in [0.1, 0.15) is 13.2 Å². The zero-order valence-electron chi connectivity index (χ0n) is 62.9. The molecule has 0 aromatic carbocycles. The molecule has 9 heteroatoms. The Bertz CT molecular complexity index is 1620. The number of hydrogen-bond acceptors (Lipinski definition) is 8. The zero-order chi connectivity index (χ0) is 67.5. The number of carbonyl (C=O) groups excluding carboxylic acids is 3. The molecule has 0 heterocycles. The van der Waals surface area contributed by atoms with Crippen LogP contribution in [0.15, 0.2) is 36.5 Å². The summed E-state index contributed by atoms with van der Waals surface area (Å²) < 4.78 is 22.9. The predicted octanol–water partition coefficient (Wildman–Crippen LogP) is 24.9. The highest BCUT2D eigenvalue weighted by atomic mass is 16.7. The van der Waals surface area contributed by atoms with Crippen LogP contribution in [0, 0.1) is 0 Å². The first-order chi connectivity index (χ1) is 45.6. The van der Waals surface area contributed by atoms with E-state index in [0.717, 1.165) is 44.9 Å². The molecule has 2 atom stereocenters. The minimum absolute atomic E-state index is 0.151. The van der Waals surface area contributed by atoms with E-state index in [1.807, 2.05) is 21.1 Å². The summed E-state index contributed by atoms with van der Waals surface area (Å²) in [5, 5.41) is 11.9. The summed E-state index contributed by atoms with van der Waals surface area (Å²) in [5.41, 5.74) is 0. The standard InChI is InChI=1S/C84H159NO8/c1-6-8-10-12-14-16-18-20-22-24-26-28-30-32-34-36-38-40-41-43-44-46-48-50-52-54-56-58-60-62-64-66-68-70-72-74-81(86)91-78-80(79-92-84(83(88)89)90-77-76-85(3,4)5)93-82(87)75-73-71-69-67-65-63-61-59-57-55-53-51-49-47-45-42-39-37-35-33-31-29-27-25-23-21-19-17-15-13-11-9-7-2/h19,21,24-27,80,84H,6-18,20,22-23,28-79H2,1-5H3/b21-19-,26-24-,27-25-. The third-order valence-electron chi connectivity index (χ3n) is 18.9. The first kappa shape index (κ1) is 90.5. The summed E-state index contributed by atoms with van der Waals surface area (Å²) in [6.45, 7) is 4.82. The third-order valence-corrected chi connectivity index (χ3v) is 18.9. The van der Waals surface area contributed by atoms with Gasteiger partial charge in [-0.15, -0.1) is 0 Å². The summed E-state index contributed by atoms with van der Waals surface area (Å²) in [5.74, 6) is -2.25. The van der Waals surface area contributed by atoms with Crippen molar-refractivity contribution in [2.24, 2.45) is 0 Å². The van der Waals surface area contributed by atoms with E-state index in [0.29, 0.717) is 17.4 Å². The normalized spacial score (nSPS) is 12.7. The van der Waals surface area contributed by atoms with Crippen molar-refractivity contribution in [3.63, 3.8) is 0 Å². The molecule has 0 spiro atoms. The van der Waals surface area contributed by atoms with Crippen LogP contribution >= 0.6 is 0 Å². The Morgan fingerprint density at radius 2 is 0.581 bits per heavy atom. The fourth-order valence-corrected chi connectivity index (χ4v) is 12.6. The van der Waals surface area contributed by atoms with Gasteiger partial charge in [-0.1, -0.05) is 378 Å². The molecule has 0 aliphatic heterocycles. The summed E-state index contributed by atoms with van der Waals surface area (Å²) in [7, 11) is 5.95. The van der Waals surface area contributed by atoms with E-state index in [1.165, 1.54) is 353 Å². The molecule has 0 aromatic heterocycles. The van der Waals surface area contributed by atoms with Gasteiger partial charge >= 0.3 is 11.9 Å². The van der Waals surface area contributed by atoms with Crippen LogP contribution in [0.5, 0.6) is 0 Å². The molecule has 0 amide bonds. The van der Waals surface area contributed by atoms with Crippen LogP contribution in [-0.2, 0) is 33.3 Å². The van der Waals surface area contributed by atoms with Crippen molar-refractivity contribution in [2.75, 3.05) is 47.5 Å². The van der Waals surface area contributed by atoms with Gasteiger partial charge in [-0.25, -0.2) is 0 Å². The maximum atomic E-state index is 13.0. The van der Waals surface area contributed by atoms with Crippen LogP contribution in [0.3, 0.4) is 0 Å². The highest BCUT2D eigenvalue weighted by molar-refractivity contribution is 5.70. The van der Waals surface area contributed by atoms with Crippen LogP contribution < -0.4 is 5.11 Å². The minimum Gasteiger partial charge on any atom is -0.545 e. The Morgan fingerprint density at radius 3 is 0.860 bits per heavy atom. The second-order valence-corrected chi connectivity index (χ2v) is 29.4. The molecule has 9 nitrogen and oxygen atoms in total. The number of likely N-dealkylation sites (N-methyl/N-ethyl adjacent to an activating group) is 1. The van der Waals surface area contributed by atoms with E-state index in [-0.39, 0.29) is 32.2 Å². The zero-order valence-corrected chi connectivity index (χ0v) is 62.9. The van der Waals surface area contributed by atoms with Crippen molar-refractivity contribution in [1.29, 1.82) is 0 Å². The third kappa shape index (κ3) is 76.7. The molecule has 2 unspecified atom stereocenters. The molecule has 0 N–H and O–H groups in total. The molecule has 0 bridgehead atoms. The maximum Gasteiger partial charge on any atom is 0.306 e. The number of unbranched alkanes of at least 4 members (excludes halogenated alkanes) is 57. The van der Waals surface area contributed by atoms with Crippen LogP contribution in [0.2, 0.25) is 0 Å². The monoisotopic (exact) mass is 1310 g/mol. The van der Waals surface area contributed by atoms with E-state index < -0.39 is 24.3 Å². The van der Waals surface area contributed by atoms with Gasteiger partial charge in [0.25, 0.3) is 0 Å². The first-order valence-electron chi connectivity index (χ1n) is 41.1.